The number of carboxylic acids is 1. The minimum Gasteiger partial charge on any atom is -0.481 e. The molecule has 0 unspecified atom stereocenters. The summed E-state index contributed by atoms with van der Waals surface area (Å²) < 4.78 is 2.36. The summed E-state index contributed by atoms with van der Waals surface area (Å²) in [5, 5.41) is 10.3. The summed E-state index contributed by atoms with van der Waals surface area (Å²) in [4.78, 5) is 13.3. The Kier molecular flexibility index (Phi) is 5.22. The van der Waals surface area contributed by atoms with E-state index < -0.39 is 5.97 Å². The average Bonchev–Trinajstić information content (AvgIpc) is 2.95. The quantitative estimate of drug-likeness (QED) is 0.456. The van der Waals surface area contributed by atoms with Gasteiger partial charge >= 0.3 is 5.97 Å². The highest BCUT2D eigenvalue weighted by Gasteiger charge is 2.15. The van der Waals surface area contributed by atoms with Crippen LogP contribution in [0.15, 0.2) is 88.7 Å². The molecule has 1 heterocycles. The zero-order valence-electron chi connectivity index (χ0n) is 15.6. The van der Waals surface area contributed by atoms with Crippen LogP contribution >= 0.6 is 11.8 Å². The fourth-order valence-corrected chi connectivity index (χ4v) is 4.64. The van der Waals surface area contributed by atoms with Crippen LogP contribution in [0.2, 0.25) is 0 Å². The van der Waals surface area contributed by atoms with Crippen molar-refractivity contribution in [2.24, 2.45) is 0 Å². The molecule has 4 aromatic rings. The summed E-state index contributed by atoms with van der Waals surface area (Å²) >= 11 is 1.70. The Labute approximate surface area is 168 Å². The van der Waals surface area contributed by atoms with Gasteiger partial charge in [0.2, 0.25) is 0 Å². The lowest BCUT2D eigenvalue weighted by molar-refractivity contribution is -0.136. The van der Waals surface area contributed by atoms with E-state index in [0.717, 1.165) is 17.0 Å². The molecule has 1 aromatic heterocycles. The summed E-state index contributed by atoms with van der Waals surface area (Å²) in [6.07, 6.45) is 0.0448. The van der Waals surface area contributed by atoms with Crippen LogP contribution in [0.5, 0.6) is 0 Å². The van der Waals surface area contributed by atoms with Crippen LogP contribution < -0.4 is 0 Å². The monoisotopic (exact) mass is 387 g/mol. The van der Waals surface area contributed by atoms with E-state index in [4.69, 9.17) is 5.11 Å². The number of benzene rings is 3. The summed E-state index contributed by atoms with van der Waals surface area (Å²) in [6.45, 7) is 2.99. The van der Waals surface area contributed by atoms with Gasteiger partial charge in [0.25, 0.3) is 0 Å². The molecule has 0 fully saturated rings. The van der Waals surface area contributed by atoms with Crippen LogP contribution in [-0.4, -0.2) is 15.6 Å². The molecule has 1 N–H and O–H groups in total. The van der Waals surface area contributed by atoms with Crippen molar-refractivity contribution in [1.29, 1.82) is 0 Å². The van der Waals surface area contributed by atoms with E-state index in [-0.39, 0.29) is 6.42 Å². The van der Waals surface area contributed by atoms with Crippen LogP contribution in [0.4, 0.5) is 0 Å². The molecule has 4 rings (SSSR count). The van der Waals surface area contributed by atoms with Crippen molar-refractivity contribution in [3.63, 3.8) is 0 Å². The van der Waals surface area contributed by atoms with Gasteiger partial charge in [-0.2, -0.15) is 0 Å². The molecule has 0 saturated heterocycles. The lowest BCUT2D eigenvalue weighted by atomic mass is 10.2. The van der Waals surface area contributed by atoms with Crippen LogP contribution in [0.1, 0.15) is 16.8 Å². The number of aromatic nitrogens is 1. The molecule has 0 aliphatic rings. The standard InChI is InChI=1S/C24H21NO2S/c1-17-24(28-20-11-7-10-19(14-20)15-23(26)27)21-12-5-6-13-22(21)25(17)16-18-8-3-2-4-9-18/h2-14H,15-16H2,1H3,(H,26,27). The first-order chi connectivity index (χ1) is 13.6. The predicted molar refractivity (Wildman–Crippen MR) is 114 cm³/mol. The number of fused-ring (bicyclic) bond motifs is 1. The molecule has 0 spiro atoms. The molecular weight excluding hydrogens is 366 g/mol. The van der Waals surface area contributed by atoms with E-state index in [1.807, 2.05) is 30.3 Å². The molecule has 0 aliphatic heterocycles. The van der Waals surface area contributed by atoms with Crippen LogP contribution in [0.25, 0.3) is 10.9 Å². The first-order valence-electron chi connectivity index (χ1n) is 9.22. The minimum atomic E-state index is -0.808. The highest BCUT2D eigenvalue weighted by atomic mass is 32.2. The molecule has 0 amide bonds. The Hall–Kier alpha value is -2.98. The second-order valence-electron chi connectivity index (χ2n) is 6.82. The highest BCUT2D eigenvalue weighted by Crippen LogP contribution is 2.38. The average molecular weight is 388 g/mol. The van der Waals surface area contributed by atoms with Gasteiger partial charge in [-0.05, 0) is 36.2 Å². The summed E-state index contributed by atoms with van der Waals surface area (Å²) in [6, 6.07) is 26.7. The van der Waals surface area contributed by atoms with Crippen molar-refractivity contribution < 1.29 is 9.90 Å². The maximum Gasteiger partial charge on any atom is 0.307 e. The summed E-state index contributed by atoms with van der Waals surface area (Å²) in [5.41, 5.74) is 4.53. The normalized spacial score (nSPS) is 11.0. The molecule has 0 atom stereocenters. The van der Waals surface area contributed by atoms with Crippen molar-refractivity contribution >= 4 is 28.6 Å². The van der Waals surface area contributed by atoms with Gasteiger partial charge in [0, 0.05) is 32.9 Å². The van der Waals surface area contributed by atoms with Crippen LogP contribution in [0.3, 0.4) is 0 Å². The van der Waals surface area contributed by atoms with E-state index in [1.165, 1.54) is 27.1 Å². The zero-order chi connectivity index (χ0) is 19.5. The van der Waals surface area contributed by atoms with Crippen LogP contribution in [0, 0.1) is 6.92 Å². The van der Waals surface area contributed by atoms with Gasteiger partial charge in [0.15, 0.2) is 0 Å². The van der Waals surface area contributed by atoms with Crippen LogP contribution in [-0.2, 0) is 17.8 Å². The number of hydrogen-bond acceptors (Lipinski definition) is 2. The van der Waals surface area contributed by atoms with Gasteiger partial charge in [-0.15, -0.1) is 0 Å². The molecule has 0 bridgehead atoms. The van der Waals surface area contributed by atoms with Gasteiger partial charge in [0.05, 0.1) is 6.42 Å². The van der Waals surface area contributed by atoms with Gasteiger partial charge in [0.1, 0.15) is 0 Å². The first kappa shape index (κ1) is 18.4. The predicted octanol–water partition coefficient (Wildman–Crippen LogP) is 5.78. The van der Waals surface area contributed by atoms with Crippen molar-refractivity contribution in [1.82, 2.24) is 4.57 Å². The third-order valence-corrected chi connectivity index (χ3v) is 6.04. The van der Waals surface area contributed by atoms with Gasteiger partial charge in [-0.1, -0.05) is 72.4 Å². The fraction of sp³-hybridized carbons (Fsp3) is 0.125. The van der Waals surface area contributed by atoms with E-state index in [1.54, 1.807) is 11.8 Å². The molecule has 28 heavy (non-hydrogen) atoms. The van der Waals surface area contributed by atoms with E-state index in [9.17, 15) is 4.79 Å². The number of aliphatic carboxylic acids is 1. The summed E-state index contributed by atoms with van der Waals surface area (Å²) in [5.74, 6) is -0.808. The number of hydrogen-bond donors (Lipinski definition) is 1. The van der Waals surface area contributed by atoms with Gasteiger partial charge in [-0.3, -0.25) is 4.79 Å². The van der Waals surface area contributed by atoms with Crippen molar-refractivity contribution in [3.8, 4) is 0 Å². The third kappa shape index (κ3) is 3.82. The molecule has 0 saturated carbocycles. The zero-order valence-corrected chi connectivity index (χ0v) is 16.4. The van der Waals surface area contributed by atoms with E-state index in [2.05, 4.69) is 60.0 Å². The van der Waals surface area contributed by atoms with E-state index in [0.29, 0.717) is 0 Å². The smallest absolute Gasteiger partial charge is 0.307 e. The number of para-hydroxylation sites is 1. The Morgan fingerprint density at radius 3 is 2.43 bits per heavy atom. The number of nitrogens with zero attached hydrogens (tertiary/aromatic N) is 1. The largest absolute Gasteiger partial charge is 0.481 e. The SMILES string of the molecule is Cc1c(Sc2cccc(CC(=O)O)c2)c2ccccc2n1Cc1ccccc1. The third-order valence-electron chi connectivity index (χ3n) is 4.83. The van der Waals surface area contributed by atoms with E-state index >= 15 is 0 Å². The molecule has 3 aromatic carbocycles. The molecule has 3 nitrogen and oxygen atoms in total. The maximum atomic E-state index is 11.0. The second kappa shape index (κ2) is 7.95. The summed E-state index contributed by atoms with van der Waals surface area (Å²) in [7, 11) is 0. The van der Waals surface area contributed by atoms with Gasteiger partial charge < -0.3 is 9.67 Å². The number of carbonyl (C=O) groups is 1. The fourth-order valence-electron chi connectivity index (χ4n) is 3.51. The lowest BCUT2D eigenvalue weighted by Crippen LogP contribution is -2.01. The molecule has 0 aliphatic carbocycles. The van der Waals surface area contributed by atoms with Gasteiger partial charge in [-0.25, -0.2) is 0 Å². The highest BCUT2D eigenvalue weighted by molar-refractivity contribution is 7.99. The Morgan fingerprint density at radius 1 is 0.929 bits per heavy atom. The van der Waals surface area contributed by atoms with Crippen molar-refractivity contribution in [3.05, 3.63) is 95.7 Å². The second-order valence-corrected chi connectivity index (χ2v) is 7.91. The Morgan fingerprint density at radius 2 is 1.64 bits per heavy atom. The lowest BCUT2D eigenvalue weighted by Gasteiger charge is -2.09. The molecular formula is C24H21NO2S. The maximum absolute atomic E-state index is 11.0. The first-order valence-corrected chi connectivity index (χ1v) is 10.0. The number of rotatable bonds is 6. The minimum absolute atomic E-state index is 0.0448. The Bertz CT molecular complexity index is 1130. The number of carboxylic acid groups (broad SMARTS) is 1. The Balaban J connectivity index is 1.74. The topological polar surface area (TPSA) is 42.2 Å². The van der Waals surface area contributed by atoms with Crippen molar-refractivity contribution in [2.75, 3.05) is 0 Å². The molecule has 140 valence electrons. The molecule has 4 heteroatoms. The molecule has 0 radical (unpaired) electrons. The van der Waals surface area contributed by atoms with Crippen molar-refractivity contribution in [2.45, 2.75) is 29.7 Å².